The quantitative estimate of drug-likeness (QED) is 0.176. The smallest absolute Gasteiger partial charge is 0.405 e. The minimum absolute atomic E-state index is 0.388. The topological polar surface area (TPSA) is 71.1 Å². The van der Waals surface area contributed by atoms with Crippen molar-refractivity contribution in [1.29, 1.82) is 0 Å². The zero-order valence-electron chi connectivity index (χ0n) is 26.0. The molecule has 0 aromatic heterocycles. The molecule has 0 unspecified atom stereocenters. The van der Waals surface area contributed by atoms with Crippen molar-refractivity contribution in [2.75, 3.05) is 5.75 Å². The average Bonchev–Trinajstić information content (AvgIpc) is 2.80. The minimum atomic E-state index is -5.12. The fourth-order valence-corrected chi connectivity index (χ4v) is 11.7. The molecule has 0 bridgehead atoms. The highest BCUT2D eigenvalue weighted by molar-refractivity contribution is 8.33. The normalized spacial score (nSPS) is 13.9. The van der Waals surface area contributed by atoms with Crippen LogP contribution in [-0.4, -0.2) is 45.3 Å². The van der Waals surface area contributed by atoms with Crippen molar-refractivity contribution in [1.82, 2.24) is 0 Å². The first kappa shape index (κ1) is 35.2. The summed E-state index contributed by atoms with van der Waals surface area (Å²) in [5, 5.41) is 0. The van der Waals surface area contributed by atoms with Gasteiger partial charge in [0.05, 0.1) is 0 Å². The summed E-state index contributed by atoms with van der Waals surface area (Å²) < 4.78 is 90.8. The lowest BCUT2D eigenvalue weighted by Gasteiger charge is -2.40. The van der Waals surface area contributed by atoms with E-state index in [1.807, 2.05) is 58.9 Å². The van der Waals surface area contributed by atoms with Crippen LogP contribution in [0.2, 0.25) is 58.9 Å². The molecule has 0 saturated carbocycles. The first-order valence-corrected chi connectivity index (χ1v) is 27.0. The van der Waals surface area contributed by atoms with Gasteiger partial charge in [-0.2, -0.15) is 21.6 Å². The Hall–Kier alpha value is -2.24. The van der Waals surface area contributed by atoms with Crippen LogP contribution in [0.5, 0.6) is 17.2 Å². The maximum Gasteiger partial charge on any atom is 0.405 e. The predicted molar refractivity (Wildman–Crippen MR) is 175 cm³/mol. The van der Waals surface area contributed by atoms with E-state index in [9.17, 15) is 21.6 Å². The van der Waals surface area contributed by atoms with E-state index >= 15 is 0 Å². The molecule has 14 heteroatoms. The molecule has 3 aromatic rings. The van der Waals surface area contributed by atoms with Crippen LogP contribution in [0, 0.1) is 0 Å². The van der Waals surface area contributed by atoms with Crippen molar-refractivity contribution in [3.05, 3.63) is 72.8 Å². The van der Waals surface area contributed by atoms with E-state index in [1.54, 1.807) is 72.8 Å². The van der Waals surface area contributed by atoms with E-state index in [0.29, 0.717) is 31.9 Å². The molecule has 0 atom stereocenters. The van der Waals surface area contributed by atoms with E-state index < -0.39 is 57.3 Å². The minimum Gasteiger partial charge on any atom is -0.544 e. The van der Waals surface area contributed by atoms with Crippen LogP contribution in [-0.2, 0) is 13.7 Å². The number of halogens is 3. The van der Waals surface area contributed by atoms with Gasteiger partial charge in [0.25, 0.3) is 10.1 Å². The lowest BCUT2D eigenvalue weighted by atomic mass is 10.3. The van der Waals surface area contributed by atoms with Crippen molar-refractivity contribution >= 4 is 45.4 Å². The second-order valence-electron chi connectivity index (χ2n) is 13.0. The Labute approximate surface area is 258 Å². The third kappa shape index (κ3) is 10.7. The highest BCUT2D eigenvalue weighted by atomic mass is 32.3. The fourth-order valence-electron chi connectivity index (χ4n) is 4.06. The van der Waals surface area contributed by atoms with Crippen molar-refractivity contribution in [2.45, 2.75) is 79.8 Å². The molecular formula is C29H41F3O6S2Si3. The van der Waals surface area contributed by atoms with Gasteiger partial charge in [-0.1, -0.05) is 0 Å². The van der Waals surface area contributed by atoms with E-state index in [4.69, 9.17) is 16.9 Å². The molecular weight excluding hydrogens is 650 g/mol. The number of hydrogen-bond acceptors (Lipinski definition) is 6. The summed E-state index contributed by atoms with van der Waals surface area (Å²) in [5.41, 5.74) is 0. The summed E-state index contributed by atoms with van der Waals surface area (Å²) in [7, 11) is -14.3. The SMILES string of the molecule is C[Si](C)(C)Oc1ccc(S(OS(=O)(=O)CC(F)(F)F)(c2ccc(O[Si](C)(C)C)cc2)c2ccc(O[Si](C)(C)C)cc2)cc1. The molecule has 6 nitrogen and oxygen atoms in total. The first-order chi connectivity index (χ1) is 19.5. The van der Waals surface area contributed by atoms with Gasteiger partial charge in [0, 0.05) is 14.7 Å². The van der Waals surface area contributed by atoms with Gasteiger partial charge in [-0.3, -0.25) is 0 Å². The summed E-state index contributed by atoms with van der Waals surface area (Å²) >= 11 is 0. The summed E-state index contributed by atoms with van der Waals surface area (Å²) in [6, 6.07) is 20.1. The molecule has 0 aliphatic rings. The van der Waals surface area contributed by atoms with Gasteiger partial charge < -0.3 is 13.3 Å². The van der Waals surface area contributed by atoms with E-state index in [2.05, 4.69) is 0 Å². The number of benzene rings is 3. The zero-order chi connectivity index (χ0) is 32.5. The standard InChI is InChI=1S/C29H41F3O6S2Si3/c1-41(2,3)35-23-10-16-26(17-11-23)40(38-39(33,34)22-29(30,31)32,27-18-12-24(13-19-27)36-42(4,5)6)28-20-14-25(15-21-28)37-43(7,8)9/h10-21H,22H2,1-9H3. The predicted octanol–water partition coefficient (Wildman–Crippen LogP) is 9.43. The van der Waals surface area contributed by atoms with Gasteiger partial charge in [-0.15, -0.1) is 0 Å². The summed E-state index contributed by atoms with van der Waals surface area (Å²) in [4.78, 5) is 1.16. The molecule has 0 radical (unpaired) electrons. The molecule has 238 valence electrons. The molecule has 0 saturated heterocycles. The molecule has 3 rings (SSSR count). The number of rotatable bonds is 12. The van der Waals surface area contributed by atoms with Gasteiger partial charge in [0.2, 0.25) is 25.0 Å². The van der Waals surface area contributed by atoms with Gasteiger partial charge in [-0.05, 0) is 142 Å². The van der Waals surface area contributed by atoms with Crippen molar-refractivity contribution in [3.8, 4) is 17.2 Å². The van der Waals surface area contributed by atoms with Crippen LogP contribution < -0.4 is 13.3 Å². The Morgan fingerprint density at radius 3 is 1.00 bits per heavy atom. The number of alkyl halides is 3. The Bertz CT molecular complexity index is 1330. The molecule has 43 heavy (non-hydrogen) atoms. The van der Waals surface area contributed by atoms with E-state index in [-0.39, 0.29) is 0 Å². The second-order valence-corrected chi connectivity index (χ2v) is 30.8. The highest BCUT2D eigenvalue weighted by Crippen LogP contribution is 2.70. The van der Waals surface area contributed by atoms with Crippen molar-refractivity contribution < 1.29 is 38.5 Å². The third-order valence-electron chi connectivity index (χ3n) is 5.29. The molecule has 3 aromatic carbocycles. The highest BCUT2D eigenvalue weighted by Gasteiger charge is 2.43. The monoisotopic (exact) mass is 690 g/mol. The molecule has 0 aliphatic heterocycles. The van der Waals surface area contributed by atoms with Crippen LogP contribution in [0.1, 0.15) is 0 Å². The summed E-state index contributed by atoms with van der Waals surface area (Å²) in [6.45, 7) is 18.2. The van der Waals surface area contributed by atoms with Crippen LogP contribution in [0.4, 0.5) is 13.2 Å². The van der Waals surface area contributed by atoms with Gasteiger partial charge in [0.1, 0.15) is 17.2 Å². The Balaban J connectivity index is 2.31. The third-order valence-corrected chi connectivity index (χ3v) is 13.0. The summed E-state index contributed by atoms with van der Waals surface area (Å²) in [5.74, 6) is -0.398. The van der Waals surface area contributed by atoms with Crippen molar-refractivity contribution in [3.63, 3.8) is 0 Å². The molecule has 0 amide bonds. The molecule has 0 spiro atoms. The van der Waals surface area contributed by atoms with Gasteiger partial charge in [-0.25, -0.2) is 3.63 Å². The van der Waals surface area contributed by atoms with Crippen molar-refractivity contribution in [2.24, 2.45) is 0 Å². The average molecular weight is 691 g/mol. The van der Waals surface area contributed by atoms with Crippen LogP contribution in [0.3, 0.4) is 0 Å². The Morgan fingerprint density at radius 1 is 0.535 bits per heavy atom. The first-order valence-electron chi connectivity index (χ1n) is 13.7. The largest absolute Gasteiger partial charge is 0.544 e. The Morgan fingerprint density at radius 2 is 0.791 bits per heavy atom. The van der Waals surface area contributed by atoms with E-state index in [1.165, 1.54) is 0 Å². The molecule has 0 N–H and O–H groups in total. The maximum absolute atomic E-state index is 13.5. The molecule has 0 heterocycles. The van der Waals surface area contributed by atoms with Gasteiger partial charge >= 0.3 is 6.18 Å². The molecule has 0 fully saturated rings. The fraction of sp³-hybridized carbons (Fsp3) is 0.379. The lowest BCUT2D eigenvalue weighted by molar-refractivity contribution is -0.107. The summed E-state index contributed by atoms with van der Waals surface area (Å²) in [6.07, 6.45) is -5.00. The van der Waals surface area contributed by atoms with E-state index in [0.717, 1.165) is 0 Å². The number of hydrogen-bond donors (Lipinski definition) is 0. The lowest BCUT2D eigenvalue weighted by Crippen LogP contribution is -2.29. The van der Waals surface area contributed by atoms with Crippen LogP contribution in [0.15, 0.2) is 87.5 Å². The van der Waals surface area contributed by atoms with Gasteiger partial charge in [0.15, 0.2) is 5.75 Å². The van der Waals surface area contributed by atoms with Crippen LogP contribution in [0.25, 0.3) is 0 Å². The van der Waals surface area contributed by atoms with Crippen LogP contribution >= 0.6 is 10.3 Å². The Kier molecular flexibility index (Phi) is 10.4. The zero-order valence-corrected chi connectivity index (χ0v) is 30.7. The maximum atomic E-state index is 13.5. The molecule has 0 aliphatic carbocycles. The second kappa shape index (κ2) is 12.6.